The Balaban J connectivity index is 2.40. The average molecular weight is 336 g/mol. The first-order chi connectivity index (χ1) is 9.29. The standard InChI is InChI=1S/C17H19BrFN/c1-11-4-5-12(2)15(8-11)17(3,20)10-13-9-14(18)6-7-16(13)19/h4-9H,10,20H2,1-3H3. The lowest BCUT2D eigenvalue weighted by atomic mass is 9.83. The largest absolute Gasteiger partial charge is 0.321 e. The molecule has 1 nitrogen and oxygen atoms in total. The van der Waals surface area contributed by atoms with Gasteiger partial charge in [0.25, 0.3) is 0 Å². The zero-order valence-electron chi connectivity index (χ0n) is 12.0. The molecule has 0 aliphatic carbocycles. The first kappa shape index (κ1) is 15.2. The molecule has 20 heavy (non-hydrogen) atoms. The quantitative estimate of drug-likeness (QED) is 0.869. The van der Waals surface area contributed by atoms with Crippen LogP contribution in [0.2, 0.25) is 0 Å². The van der Waals surface area contributed by atoms with Crippen molar-refractivity contribution in [3.8, 4) is 0 Å². The Morgan fingerprint density at radius 1 is 1.15 bits per heavy atom. The van der Waals surface area contributed by atoms with Crippen molar-refractivity contribution in [3.63, 3.8) is 0 Å². The number of nitrogens with two attached hydrogens (primary N) is 1. The van der Waals surface area contributed by atoms with Crippen LogP contribution in [0.3, 0.4) is 0 Å². The molecule has 0 amide bonds. The Kier molecular flexibility index (Phi) is 4.31. The molecule has 0 bridgehead atoms. The Bertz CT molecular complexity index is 635. The molecule has 0 aliphatic rings. The van der Waals surface area contributed by atoms with Crippen molar-refractivity contribution in [2.24, 2.45) is 5.73 Å². The summed E-state index contributed by atoms with van der Waals surface area (Å²) in [5.74, 6) is -0.213. The van der Waals surface area contributed by atoms with Crippen LogP contribution in [0.15, 0.2) is 40.9 Å². The van der Waals surface area contributed by atoms with E-state index in [-0.39, 0.29) is 5.82 Å². The van der Waals surface area contributed by atoms with Gasteiger partial charge in [0.05, 0.1) is 0 Å². The third-order valence-electron chi connectivity index (χ3n) is 3.57. The summed E-state index contributed by atoms with van der Waals surface area (Å²) in [6.07, 6.45) is 0.461. The SMILES string of the molecule is Cc1ccc(C)c(C(C)(N)Cc2cc(Br)ccc2F)c1. The van der Waals surface area contributed by atoms with Crippen LogP contribution in [0.25, 0.3) is 0 Å². The number of aryl methyl sites for hydroxylation is 2. The highest BCUT2D eigenvalue weighted by Crippen LogP contribution is 2.28. The van der Waals surface area contributed by atoms with Gasteiger partial charge in [0.15, 0.2) is 0 Å². The van der Waals surface area contributed by atoms with Gasteiger partial charge < -0.3 is 5.73 Å². The molecular formula is C17H19BrFN. The van der Waals surface area contributed by atoms with Crippen molar-refractivity contribution in [2.45, 2.75) is 32.7 Å². The summed E-state index contributed by atoms with van der Waals surface area (Å²) in [7, 11) is 0. The Morgan fingerprint density at radius 3 is 2.55 bits per heavy atom. The molecule has 0 aromatic heterocycles. The molecule has 106 valence electrons. The molecule has 0 spiro atoms. The topological polar surface area (TPSA) is 26.0 Å². The highest BCUT2D eigenvalue weighted by atomic mass is 79.9. The van der Waals surface area contributed by atoms with E-state index in [0.717, 1.165) is 21.2 Å². The van der Waals surface area contributed by atoms with Crippen LogP contribution in [0, 0.1) is 19.7 Å². The molecule has 2 aromatic carbocycles. The van der Waals surface area contributed by atoms with Crippen molar-refractivity contribution >= 4 is 15.9 Å². The van der Waals surface area contributed by atoms with E-state index in [0.29, 0.717) is 12.0 Å². The summed E-state index contributed by atoms with van der Waals surface area (Å²) in [5, 5.41) is 0. The minimum atomic E-state index is -0.599. The predicted molar refractivity (Wildman–Crippen MR) is 85.3 cm³/mol. The van der Waals surface area contributed by atoms with Gasteiger partial charge in [0.2, 0.25) is 0 Å². The van der Waals surface area contributed by atoms with E-state index in [1.807, 2.05) is 20.8 Å². The van der Waals surface area contributed by atoms with E-state index >= 15 is 0 Å². The zero-order chi connectivity index (χ0) is 14.9. The minimum Gasteiger partial charge on any atom is -0.321 e. The van der Waals surface area contributed by atoms with Crippen LogP contribution in [-0.2, 0) is 12.0 Å². The lowest BCUT2D eigenvalue weighted by Crippen LogP contribution is -2.36. The van der Waals surface area contributed by atoms with E-state index < -0.39 is 5.54 Å². The fraction of sp³-hybridized carbons (Fsp3) is 0.294. The molecule has 2 rings (SSSR count). The average Bonchev–Trinajstić information content (AvgIpc) is 2.36. The normalized spacial score (nSPS) is 14.1. The van der Waals surface area contributed by atoms with Crippen molar-refractivity contribution in [3.05, 3.63) is 68.9 Å². The lowest BCUT2D eigenvalue weighted by molar-refractivity contribution is 0.472. The summed E-state index contributed by atoms with van der Waals surface area (Å²) in [4.78, 5) is 0. The van der Waals surface area contributed by atoms with E-state index in [9.17, 15) is 4.39 Å². The van der Waals surface area contributed by atoms with Gasteiger partial charge in [-0.05, 0) is 62.1 Å². The smallest absolute Gasteiger partial charge is 0.126 e. The van der Waals surface area contributed by atoms with Crippen LogP contribution in [-0.4, -0.2) is 0 Å². The monoisotopic (exact) mass is 335 g/mol. The van der Waals surface area contributed by atoms with E-state index in [4.69, 9.17) is 5.73 Å². The summed E-state index contributed by atoms with van der Waals surface area (Å²) in [6, 6.07) is 11.2. The third kappa shape index (κ3) is 3.28. The molecule has 3 heteroatoms. The van der Waals surface area contributed by atoms with Crippen LogP contribution in [0.1, 0.15) is 29.2 Å². The van der Waals surface area contributed by atoms with E-state index in [1.165, 1.54) is 6.07 Å². The number of halogens is 2. The van der Waals surface area contributed by atoms with Crippen molar-refractivity contribution < 1.29 is 4.39 Å². The maximum Gasteiger partial charge on any atom is 0.126 e. The summed E-state index contributed by atoms with van der Waals surface area (Å²) in [6.45, 7) is 6.03. The first-order valence-corrected chi connectivity index (χ1v) is 7.39. The molecule has 0 radical (unpaired) electrons. The van der Waals surface area contributed by atoms with Gasteiger partial charge >= 0.3 is 0 Å². The predicted octanol–water partition coefficient (Wildman–Crippen LogP) is 4.62. The van der Waals surface area contributed by atoms with Gasteiger partial charge in [-0.15, -0.1) is 0 Å². The van der Waals surface area contributed by atoms with Gasteiger partial charge in [-0.25, -0.2) is 4.39 Å². The van der Waals surface area contributed by atoms with Crippen molar-refractivity contribution in [2.75, 3.05) is 0 Å². The maximum atomic E-state index is 13.9. The van der Waals surface area contributed by atoms with Gasteiger partial charge in [0, 0.05) is 10.0 Å². The highest BCUT2D eigenvalue weighted by Gasteiger charge is 2.25. The number of benzene rings is 2. The van der Waals surface area contributed by atoms with E-state index in [1.54, 1.807) is 12.1 Å². The zero-order valence-corrected chi connectivity index (χ0v) is 13.6. The summed E-state index contributed by atoms with van der Waals surface area (Å²) in [5.41, 5.74) is 9.87. The maximum absolute atomic E-state index is 13.9. The summed E-state index contributed by atoms with van der Waals surface area (Å²) < 4.78 is 14.8. The first-order valence-electron chi connectivity index (χ1n) is 6.60. The van der Waals surface area contributed by atoms with Gasteiger partial charge in [0.1, 0.15) is 5.82 Å². The Hall–Kier alpha value is -1.19. The van der Waals surface area contributed by atoms with Crippen LogP contribution >= 0.6 is 15.9 Å². The van der Waals surface area contributed by atoms with E-state index in [2.05, 4.69) is 34.1 Å². The molecule has 0 saturated carbocycles. The molecular weight excluding hydrogens is 317 g/mol. The molecule has 0 fully saturated rings. The Labute approximate surface area is 128 Å². The van der Waals surface area contributed by atoms with Crippen LogP contribution in [0.4, 0.5) is 4.39 Å². The molecule has 1 atom stereocenters. The fourth-order valence-corrected chi connectivity index (χ4v) is 2.93. The number of rotatable bonds is 3. The fourth-order valence-electron chi connectivity index (χ4n) is 2.52. The highest BCUT2D eigenvalue weighted by molar-refractivity contribution is 9.10. The number of hydrogen-bond donors (Lipinski definition) is 1. The van der Waals surface area contributed by atoms with Crippen LogP contribution < -0.4 is 5.73 Å². The van der Waals surface area contributed by atoms with Crippen molar-refractivity contribution in [1.29, 1.82) is 0 Å². The van der Waals surface area contributed by atoms with Crippen LogP contribution in [0.5, 0.6) is 0 Å². The second-order valence-electron chi connectivity index (χ2n) is 5.65. The molecule has 0 saturated heterocycles. The van der Waals surface area contributed by atoms with Gasteiger partial charge in [-0.3, -0.25) is 0 Å². The molecule has 2 aromatic rings. The molecule has 0 aliphatic heterocycles. The summed E-state index contributed by atoms with van der Waals surface area (Å²) >= 11 is 3.38. The second kappa shape index (κ2) is 5.66. The minimum absolute atomic E-state index is 0.213. The van der Waals surface area contributed by atoms with Crippen molar-refractivity contribution in [1.82, 2.24) is 0 Å². The molecule has 0 heterocycles. The third-order valence-corrected chi connectivity index (χ3v) is 4.07. The second-order valence-corrected chi connectivity index (χ2v) is 6.56. The Morgan fingerprint density at radius 2 is 1.85 bits per heavy atom. The van der Waals surface area contributed by atoms with Gasteiger partial charge in [-0.2, -0.15) is 0 Å². The molecule has 2 N–H and O–H groups in total. The number of hydrogen-bond acceptors (Lipinski definition) is 1. The molecule has 1 unspecified atom stereocenters. The van der Waals surface area contributed by atoms with Gasteiger partial charge in [-0.1, -0.05) is 39.7 Å². The lowest BCUT2D eigenvalue weighted by Gasteiger charge is -2.28.